The van der Waals surface area contributed by atoms with Crippen LogP contribution in [-0.4, -0.2) is 48.8 Å². The van der Waals surface area contributed by atoms with Crippen LogP contribution in [0.2, 0.25) is 0 Å². The van der Waals surface area contributed by atoms with Crippen LogP contribution in [0.25, 0.3) is 0 Å². The van der Waals surface area contributed by atoms with Gasteiger partial charge in [-0.25, -0.2) is 14.4 Å². The molecule has 0 bridgehead atoms. The Bertz CT molecular complexity index is 1610. The molecule has 0 spiro atoms. The molecule has 0 radical (unpaired) electrons. The van der Waals surface area contributed by atoms with Crippen molar-refractivity contribution in [2.75, 3.05) is 58.1 Å². The fourth-order valence-corrected chi connectivity index (χ4v) is 5.35. The van der Waals surface area contributed by atoms with Gasteiger partial charge in [-0.15, -0.1) is 0 Å². The average molecular weight is 786 g/mol. The number of urea groups is 3. The molecule has 10 nitrogen and oxygen atoms in total. The molecule has 0 fully saturated rings. The minimum atomic E-state index is -0.239. The van der Waals surface area contributed by atoms with Gasteiger partial charge in [-0.05, 0) is 100 Å². The van der Waals surface area contributed by atoms with E-state index in [1.165, 1.54) is 30.7 Å². The second kappa shape index (κ2) is 27.6. The molecule has 0 saturated carbocycles. The number of carbonyl (C=O) groups is 3. The fourth-order valence-electron chi connectivity index (χ4n) is 5.35. The zero-order chi connectivity index (χ0) is 41.0. The van der Waals surface area contributed by atoms with Crippen molar-refractivity contribution in [3.05, 3.63) is 182 Å². The maximum Gasteiger partial charge on any atom is 0.323 e. The Hall–Kier alpha value is -6.98. The molecular formula is C47H56FN7O3. The number of hydrogen-bond donors (Lipinski definition) is 6. The van der Waals surface area contributed by atoms with E-state index in [1.54, 1.807) is 0 Å². The summed E-state index contributed by atoms with van der Waals surface area (Å²) in [6.45, 7) is 14.2. The largest absolute Gasteiger partial charge is 1.00 e. The summed E-state index contributed by atoms with van der Waals surface area (Å²) in [6.07, 6.45) is 0. The van der Waals surface area contributed by atoms with Gasteiger partial charge in [0.1, 0.15) is 0 Å². The zero-order valence-electron chi connectivity index (χ0n) is 33.7. The van der Waals surface area contributed by atoms with Crippen molar-refractivity contribution in [1.29, 1.82) is 0 Å². The van der Waals surface area contributed by atoms with E-state index >= 15 is 0 Å². The number of carbonyl (C=O) groups excluding carboxylic acids is 3. The number of hydrogen-bond acceptors (Lipinski definition) is 3. The number of anilines is 6. The number of nitrogens with one attached hydrogen (secondary N) is 6. The SMILES string of the molecule is CC[N+](CC)(CC)CC.O=C(Nc1ccccc1)Nc1ccccc1.O=C(Nc1ccccc1)Nc1ccccc1.O=C(Nc1ccccc1)Nc1ccccc1.[F-]. The van der Waals surface area contributed by atoms with E-state index < -0.39 is 0 Å². The lowest BCUT2D eigenvalue weighted by atomic mass is 10.3. The van der Waals surface area contributed by atoms with Crippen LogP contribution in [-0.2, 0) is 0 Å². The van der Waals surface area contributed by atoms with Gasteiger partial charge in [0, 0.05) is 34.1 Å². The van der Waals surface area contributed by atoms with Crippen LogP contribution in [0.5, 0.6) is 0 Å². The van der Waals surface area contributed by atoms with Crippen LogP contribution in [0, 0.1) is 0 Å². The first-order valence-electron chi connectivity index (χ1n) is 19.2. The van der Waals surface area contributed by atoms with Crippen molar-refractivity contribution < 1.29 is 23.6 Å². The van der Waals surface area contributed by atoms with Crippen LogP contribution in [0.15, 0.2) is 182 Å². The van der Waals surface area contributed by atoms with Gasteiger partial charge >= 0.3 is 18.1 Å². The Morgan fingerprint density at radius 2 is 0.448 bits per heavy atom. The van der Waals surface area contributed by atoms with Crippen molar-refractivity contribution in [1.82, 2.24) is 0 Å². The lowest BCUT2D eigenvalue weighted by Gasteiger charge is -2.34. The maximum absolute atomic E-state index is 11.6. The van der Waals surface area contributed by atoms with E-state index in [4.69, 9.17) is 0 Å². The first kappa shape index (κ1) is 47.2. The average Bonchev–Trinajstić information content (AvgIpc) is 3.25. The summed E-state index contributed by atoms with van der Waals surface area (Å²) in [5.74, 6) is 0. The van der Waals surface area contributed by atoms with Crippen LogP contribution in [0.1, 0.15) is 27.7 Å². The highest BCUT2D eigenvalue weighted by molar-refractivity contribution is 6.01. The van der Waals surface area contributed by atoms with Crippen molar-refractivity contribution >= 4 is 52.2 Å². The zero-order valence-corrected chi connectivity index (χ0v) is 33.7. The molecule has 6 aromatic rings. The second-order valence-corrected chi connectivity index (χ2v) is 12.5. The number of rotatable bonds is 10. The molecule has 6 amide bonds. The number of quaternary nitrogens is 1. The van der Waals surface area contributed by atoms with Gasteiger partial charge in [0.25, 0.3) is 0 Å². The molecule has 6 rings (SSSR count). The Balaban J connectivity index is 0.000000271. The quantitative estimate of drug-likeness (QED) is 0.0778. The summed E-state index contributed by atoms with van der Waals surface area (Å²) in [5.41, 5.74) is 4.64. The third-order valence-corrected chi connectivity index (χ3v) is 8.87. The lowest BCUT2D eigenvalue weighted by Crippen LogP contribution is -3.00. The Kier molecular flexibility index (Phi) is 22.4. The first-order valence-corrected chi connectivity index (χ1v) is 19.2. The van der Waals surface area contributed by atoms with Crippen molar-refractivity contribution in [2.24, 2.45) is 0 Å². The van der Waals surface area contributed by atoms with E-state index in [9.17, 15) is 14.4 Å². The van der Waals surface area contributed by atoms with E-state index in [-0.39, 0.29) is 22.8 Å². The Morgan fingerprint density at radius 1 is 0.310 bits per heavy atom. The first-order chi connectivity index (χ1) is 27.8. The smallest absolute Gasteiger partial charge is 0.323 e. The normalized spacial score (nSPS) is 9.72. The number of amides is 6. The molecule has 0 aliphatic heterocycles. The molecule has 0 aliphatic rings. The Labute approximate surface area is 342 Å². The Morgan fingerprint density at radius 3 is 0.552 bits per heavy atom. The third kappa shape index (κ3) is 19.1. The van der Waals surface area contributed by atoms with Gasteiger partial charge in [0.2, 0.25) is 0 Å². The molecule has 6 N–H and O–H groups in total. The summed E-state index contributed by atoms with van der Waals surface area (Å²) in [7, 11) is 0. The van der Waals surface area contributed by atoms with Crippen LogP contribution >= 0.6 is 0 Å². The third-order valence-electron chi connectivity index (χ3n) is 8.87. The predicted octanol–water partition coefficient (Wildman–Crippen LogP) is 8.88. The van der Waals surface area contributed by atoms with E-state index in [2.05, 4.69) is 59.6 Å². The van der Waals surface area contributed by atoms with Gasteiger partial charge in [-0.1, -0.05) is 109 Å². The highest BCUT2D eigenvalue weighted by Gasteiger charge is 2.16. The standard InChI is InChI=1S/3C13H12N2O.C8H20N.FH/c3*16-13(14-11-7-3-1-4-8-11)15-12-9-5-2-6-10-12;1-5-9(6-2,7-3)8-4;/h3*1-10H,(H2,14,15,16);5-8H2,1-4H3;1H/q;;;+1;/p-1. The highest BCUT2D eigenvalue weighted by atomic mass is 19.0. The van der Waals surface area contributed by atoms with Crippen molar-refractivity contribution in [3.63, 3.8) is 0 Å². The summed E-state index contributed by atoms with van der Waals surface area (Å²) < 4.78 is 1.28. The second-order valence-electron chi connectivity index (χ2n) is 12.5. The van der Waals surface area contributed by atoms with E-state index in [0.29, 0.717) is 0 Å². The number of nitrogens with zero attached hydrogens (tertiary/aromatic N) is 1. The molecule has 58 heavy (non-hydrogen) atoms. The van der Waals surface area contributed by atoms with E-state index in [1.807, 2.05) is 182 Å². The molecule has 0 atom stereocenters. The van der Waals surface area contributed by atoms with Crippen LogP contribution < -0.4 is 36.6 Å². The summed E-state index contributed by atoms with van der Waals surface area (Å²) >= 11 is 0. The molecule has 6 aromatic carbocycles. The monoisotopic (exact) mass is 785 g/mol. The summed E-state index contributed by atoms with van der Waals surface area (Å²) in [6, 6.07) is 55.2. The minimum absolute atomic E-state index is 0. The van der Waals surface area contributed by atoms with Gasteiger partial charge < -0.3 is 41.1 Å². The molecule has 0 unspecified atom stereocenters. The highest BCUT2D eigenvalue weighted by Crippen LogP contribution is 2.11. The fraction of sp³-hybridized carbons (Fsp3) is 0.170. The molecule has 0 aliphatic carbocycles. The maximum atomic E-state index is 11.6. The van der Waals surface area contributed by atoms with Gasteiger partial charge in [0.15, 0.2) is 0 Å². The topological polar surface area (TPSA) is 123 Å². The van der Waals surface area contributed by atoms with Crippen molar-refractivity contribution in [3.8, 4) is 0 Å². The summed E-state index contributed by atoms with van der Waals surface area (Å²) in [5, 5.41) is 16.4. The lowest BCUT2D eigenvalue weighted by molar-refractivity contribution is -0.921. The van der Waals surface area contributed by atoms with Crippen LogP contribution in [0.3, 0.4) is 0 Å². The van der Waals surface area contributed by atoms with Gasteiger partial charge in [0.05, 0.1) is 26.2 Å². The van der Waals surface area contributed by atoms with Gasteiger partial charge in [-0.3, -0.25) is 0 Å². The predicted molar refractivity (Wildman–Crippen MR) is 239 cm³/mol. The molecule has 11 heteroatoms. The van der Waals surface area contributed by atoms with Gasteiger partial charge in [-0.2, -0.15) is 0 Å². The van der Waals surface area contributed by atoms with Crippen LogP contribution in [0.4, 0.5) is 48.5 Å². The number of benzene rings is 6. The van der Waals surface area contributed by atoms with Crippen molar-refractivity contribution in [2.45, 2.75) is 27.7 Å². The molecular weight excluding hydrogens is 730 g/mol. The molecule has 304 valence electrons. The number of para-hydroxylation sites is 6. The number of halogens is 1. The summed E-state index contributed by atoms with van der Waals surface area (Å²) in [4.78, 5) is 34.7. The molecule has 0 aromatic heterocycles. The molecule has 0 heterocycles. The van der Waals surface area contributed by atoms with E-state index in [0.717, 1.165) is 34.1 Å². The minimum Gasteiger partial charge on any atom is -1.00 e. The molecule has 0 saturated heterocycles.